The Labute approximate surface area is 217 Å². The van der Waals surface area contributed by atoms with Gasteiger partial charge in [-0.15, -0.1) is 0 Å². The van der Waals surface area contributed by atoms with Crippen molar-refractivity contribution in [3.05, 3.63) is 83.7 Å². The molecule has 1 saturated carbocycles. The van der Waals surface area contributed by atoms with Crippen molar-refractivity contribution in [2.75, 3.05) is 4.90 Å². The topological polar surface area (TPSA) is 112 Å². The molecule has 3 aromatic rings. The maximum Gasteiger partial charge on any atom is 0.280 e. The van der Waals surface area contributed by atoms with Crippen LogP contribution in [-0.2, 0) is 10.2 Å². The lowest BCUT2D eigenvalue weighted by molar-refractivity contribution is -0.123. The van der Waals surface area contributed by atoms with E-state index in [1.807, 2.05) is 30.3 Å². The zero-order valence-electron chi connectivity index (χ0n) is 21.5. The summed E-state index contributed by atoms with van der Waals surface area (Å²) in [6.07, 6.45) is 11.0. The van der Waals surface area contributed by atoms with Gasteiger partial charge < -0.3 is 5.32 Å². The van der Waals surface area contributed by atoms with Gasteiger partial charge in [-0.25, -0.2) is 9.97 Å². The van der Waals surface area contributed by atoms with E-state index in [0.717, 1.165) is 37.7 Å². The van der Waals surface area contributed by atoms with E-state index in [9.17, 15) is 14.9 Å². The van der Waals surface area contributed by atoms with E-state index < -0.39 is 11.9 Å². The number of hydrogen-bond acceptors (Lipinski definition) is 6. The van der Waals surface area contributed by atoms with Gasteiger partial charge in [0.25, 0.3) is 5.91 Å². The summed E-state index contributed by atoms with van der Waals surface area (Å²) in [5, 5.41) is 12.8. The number of hydrogen-bond donors (Lipinski definition) is 1. The van der Waals surface area contributed by atoms with Crippen LogP contribution in [0, 0.1) is 11.3 Å². The maximum atomic E-state index is 14.1. The lowest BCUT2D eigenvalue weighted by Crippen LogP contribution is -2.47. The molecule has 1 aliphatic carbocycles. The number of anilines is 1. The molecule has 2 aromatic heterocycles. The van der Waals surface area contributed by atoms with E-state index in [0.29, 0.717) is 11.3 Å². The molecule has 1 N–H and O–H groups in total. The van der Waals surface area contributed by atoms with Crippen molar-refractivity contribution in [1.29, 1.82) is 5.26 Å². The van der Waals surface area contributed by atoms with Gasteiger partial charge in [0.2, 0.25) is 5.91 Å². The van der Waals surface area contributed by atoms with E-state index in [4.69, 9.17) is 0 Å². The van der Waals surface area contributed by atoms with Gasteiger partial charge in [0.05, 0.1) is 0 Å². The summed E-state index contributed by atoms with van der Waals surface area (Å²) in [7, 11) is 0. The number of carbonyl (C=O) groups is 2. The second-order valence-electron chi connectivity index (χ2n) is 10.4. The van der Waals surface area contributed by atoms with Crippen LogP contribution in [-0.4, -0.2) is 32.8 Å². The molecule has 37 heavy (non-hydrogen) atoms. The molecule has 2 heterocycles. The summed E-state index contributed by atoms with van der Waals surface area (Å²) < 4.78 is 0. The van der Waals surface area contributed by atoms with Gasteiger partial charge in [0.1, 0.15) is 12.1 Å². The normalized spacial score (nSPS) is 14.9. The first-order valence-corrected chi connectivity index (χ1v) is 12.6. The molecule has 0 aliphatic heterocycles. The van der Waals surface area contributed by atoms with Crippen molar-refractivity contribution in [3.8, 4) is 6.07 Å². The van der Waals surface area contributed by atoms with E-state index >= 15 is 0 Å². The smallest absolute Gasteiger partial charge is 0.280 e. The van der Waals surface area contributed by atoms with E-state index in [2.05, 4.69) is 41.0 Å². The number of nitriles is 1. The van der Waals surface area contributed by atoms with Crippen molar-refractivity contribution in [1.82, 2.24) is 20.3 Å². The molecule has 0 spiro atoms. The molecule has 1 fully saturated rings. The van der Waals surface area contributed by atoms with E-state index in [1.165, 1.54) is 17.3 Å². The number of nitrogens with one attached hydrogen (secondary N) is 1. The average molecular weight is 497 g/mol. The van der Waals surface area contributed by atoms with Crippen LogP contribution in [0.3, 0.4) is 0 Å². The molecule has 1 aliphatic rings. The summed E-state index contributed by atoms with van der Waals surface area (Å²) in [5.74, 6) is -0.878. The molecule has 0 radical (unpaired) electrons. The van der Waals surface area contributed by atoms with E-state index in [-0.39, 0.29) is 28.8 Å². The summed E-state index contributed by atoms with van der Waals surface area (Å²) in [4.78, 5) is 41.8. The molecule has 8 nitrogen and oxygen atoms in total. The Balaban J connectivity index is 1.84. The highest BCUT2D eigenvalue weighted by Crippen LogP contribution is 2.32. The zero-order valence-corrected chi connectivity index (χ0v) is 21.5. The number of benzene rings is 1. The fraction of sp³-hybridized carbons (Fsp3) is 0.379. The summed E-state index contributed by atoms with van der Waals surface area (Å²) in [6, 6.07) is 12.1. The van der Waals surface area contributed by atoms with Gasteiger partial charge in [-0.2, -0.15) is 5.26 Å². The summed E-state index contributed by atoms with van der Waals surface area (Å²) in [6.45, 7) is 6.33. The Bertz CT molecular complexity index is 1270. The highest BCUT2D eigenvalue weighted by molar-refractivity contribution is 6.10. The van der Waals surface area contributed by atoms with E-state index in [1.54, 1.807) is 24.5 Å². The number of nitrogens with zero attached hydrogens (tertiary/aromatic N) is 5. The standard InChI is InChI=1S/C29H32N6O2/c1-29(2,3)21-11-13-23(14-12-21)35(28(37)25-24(18-30)32-16-17-33-25)26(20-8-7-15-31-19-20)27(36)34-22-9-5-4-6-10-22/h7-8,11-17,19,22,26H,4-6,9-10H2,1-3H3,(H,34,36). The molecule has 1 unspecified atom stereocenters. The molecular weight excluding hydrogens is 464 g/mol. The minimum absolute atomic E-state index is 0.0480. The number of rotatable bonds is 6. The zero-order chi connectivity index (χ0) is 26.4. The van der Waals surface area contributed by atoms with Gasteiger partial charge in [0, 0.05) is 42.1 Å². The molecule has 4 rings (SSSR count). The molecule has 1 atom stereocenters. The van der Waals surface area contributed by atoms with Crippen molar-refractivity contribution in [2.24, 2.45) is 0 Å². The van der Waals surface area contributed by atoms with Crippen molar-refractivity contribution in [3.63, 3.8) is 0 Å². The Kier molecular flexibility index (Phi) is 7.92. The first kappa shape index (κ1) is 26.0. The summed E-state index contributed by atoms with van der Waals surface area (Å²) >= 11 is 0. The van der Waals surface area contributed by atoms with Crippen LogP contribution < -0.4 is 10.2 Å². The Morgan fingerprint density at radius 1 is 1.03 bits per heavy atom. The monoisotopic (exact) mass is 496 g/mol. The summed E-state index contributed by atoms with van der Waals surface area (Å²) in [5.41, 5.74) is 1.87. The fourth-order valence-electron chi connectivity index (χ4n) is 4.68. The van der Waals surface area contributed by atoms with Gasteiger partial charge in [-0.3, -0.25) is 19.5 Å². The van der Waals surface area contributed by atoms with Gasteiger partial charge in [0.15, 0.2) is 11.4 Å². The number of amides is 2. The van der Waals surface area contributed by atoms with Crippen LogP contribution in [0.25, 0.3) is 0 Å². The van der Waals surface area contributed by atoms with Crippen molar-refractivity contribution in [2.45, 2.75) is 70.4 Å². The second-order valence-corrected chi connectivity index (χ2v) is 10.4. The Morgan fingerprint density at radius 3 is 2.35 bits per heavy atom. The fourth-order valence-corrected chi connectivity index (χ4v) is 4.68. The predicted octanol–water partition coefficient (Wildman–Crippen LogP) is 4.88. The SMILES string of the molecule is CC(C)(C)c1ccc(N(C(=O)c2nccnc2C#N)C(C(=O)NC2CCCCC2)c2cccnc2)cc1. The number of aromatic nitrogens is 3. The van der Waals surface area contributed by atoms with Crippen LogP contribution in [0.15, 0.2) is 61.2 Å². The van der Waals surface area contributed by atoms with Crippen molar-refractivity contribution >= 4 is 17.5 Å². The Morgan fingerprint density at radius 2 is 1.73 bits per heavy atom. The van der Waals surface area contributed by atoms with Crippen LogP contribution >= 0.6 is 0 Å². The third-order valence-electron chi connectivity index (χ3n) is 6.70. The van der Waals surface area contributed by atoms with Crippen LogP contribution in [0.4, 0.5) is 5.69 Å². The highest BCUT2D eigenvalue weighted by atomic mass is 16.2. The van der Waals surface area contributed by atoms with Crippen molar-refractivity contribution < 1.29 is 9.59 Å². The Hall–Kier alpha value is -4.12. The first-order chi connectivity index (χ1) is 17.8. The maximum absolute atomic E-state index is 14.1. The quantitative estimate of drug-likeness (QED) is 0.521. The van der Waals surface area contributed by atoms with Gasteiger partial charge >= 0.3 is 0 Å². The van der Waals surface area contributed by atoms with Gasteiger partial charge in [-0.1, -0.05) is 58.2 Å². The van der Waals surface area contributed by atoms with Crippen LogP contribution in [0.1, 0.15) is 86.2 Å². The molecule has 0 saturated heterocycles. The third kappa shape index (κ3) is 6.00. The highest BCUT2D eigenvalue weighted by Gasteiger charge is 2.36. The molecule has 2 amide bonds. The lowest BCUT2D eigenvalue weighted by atomic mass is 9.87. The van der Waals surface area contributed by atoms with Gasteiger partial charge in [-0.05, 0) is 42.0 Å². The number of carbonyl (C=O) groups excluding carboxylic acids is 2. The predicted molar refractivity (Wildman–Crippen MR) is 141 cm³/mol. The first-order valence-electron chi connectivity index (χ1n) is 12.6. The molecule has 8 heteroatoms. The average Bonchev–Trinajstić information content (AvgIpc) is 2.92. The minimum atomic E-state index is -1.02. The van der Waals surface area contributed by atoms with Crippen LogP contribution in [0.2, 0.25) is 0 Å². The molecular formula is C29H32N6O2. The minimum Gasteiger partial charge on any atom is -0.351 e. The lowest BCUT2D eigenvalue weighted by Gasteiger charge is -2.33. The largest absolute Gasteiger partial charge is 0.351 e. The van der Waals surface area contributed by atoms with Crippen LogP contribution in [0.5, 0.6) is 0 Å². The molecule has 0 bridgehead atoms. The third-order valence-corrected chi connectivity index (χ3v) is 6.70. The second kappa shape index (κ2) is 11.3. The molecule has 190 valence electrons. The molecule has 1 aromatic carbocycles. The number of pyridine rings is 1.